The lowest BCUT2D eigenvalue weighted by molar-refractivity contribution is -0.126. The van der Waals surface area contributed by atoms with E-state index in [4.69, 9.17) is 0 Å². The number of rotatable bonds is 4. The average Bonchev–Trinajstić information content (AvgIpc) is 2.71. The lowest BCUT2D eigenvalue weighted by Crippen LogP contribution is -2.51. The molecule has 23 heavy (non-hydrogen) atoms. The minimum absolute atomic E-state index is 0.209. The summed E-state index contributed by atoms with van der Waals surface area (Å²) in [4.78, 5) is 12.6. The Morgan fingerprint density at radius 2 is 2.00 bits per heavy atom. The van der Waals surface area contributed by atoms with Gasteiger partial charge in [0.1, 0.15) is 6.04 Å². The van der Waals surface area contributed by atoms with Crippen molar-refractivity contribution in [2.24, 2.45) is 7.05 Å². The quantitative estimate of drug-likeness (QED) is 0.886. The highest BCUT2D eigenvalue weighted by molar-refractivity contribution is 7.88. The summed E-state index contributed by atoms with van der Waals surface area (Å²) in [5, 5.41) is 7.33. The molecule has 2 atom stereocenters. The Morgan fingerprint density at radius 3 is 2.52 bits per heavy atom. The predicted octanol–water partition coefficient (Wildman–Crippen LogP) is 1.03. The number of amides is 1. The van der Waals surface area contributed by atoms with E-state index in [-0.39, 0.29) is 11.9 Å². The number of carbonyl (C=O) groups is 1. The van der Waals surface area contributed by atoms with Crippen LogP contribution in [0.3, 0.4) is 0 Å². The summed E-state index contributed by atoms with van der Waals surface area (Å²) >= 11 is 0. The molecule has 0 radical (unpaired) electrons. The Labute approximate surface area is 138 Å². The topological polar surface area (TPSA) is 84.3 Å². The van der Waals surface area contributed by atoms with Gasteiger partial charge in [0.05, 0.1) is 18.0 Å². The molecule has 0 aliphatic carbocycles. The molecule has 1 aromatic heterocycles. The normalized spacial score (nSPS) is 21.2. The summed E-state index contributed by atoms with van der Waals surface area (Å²) in [6, 6.07) is -0.821. The molecular weight excluding hydrogens is 316 g/mol. The van der Waals surface area contributed by atoms with Gasteiger partial charge in [0, 0.05) is 24.8 Å². The number of hydrogen-bond acceptors (Lipinski definition) is 4. The zero-order chi connectivity index (χ0) is 17.4. The summed E-state index contributed by atoms with van der Waals surface area (Å²) in [5.74, 6) is -0.231. The summed E-state index contributed by atoms with van der Waals surface area (Å²) in [6.45, 7) is 6.19. The van der Waals surface area contributed by atoms with Crippen molar-refractivity contribution >= 4 is 15.9 Å². The van der Waals surface area contributed by atoms with Crippen LogP contribution in [0.2, 0.25) is 0 Å². The van der Waals surface area contributed by atoms with Crippen LogP contribution in [0.5, 0.6) is 0 Å². The number of carbonyl (C=O) groups excluding carboxylic acids is 1. The first-order valence-electron chi connectivity index (χ1n) is 7.90. The van der Waals surface area contributed by atoms with Gasteiger partial charge in [-0.25, -0.2) is 8.42 Å². The Hall–Kier alpha value is -1.41. The maximum absolute atomic E-state index is 12.6. The number of aryl methyl sites for hydroxylation is 2. The van der Waals surface area contributed by atoms with Gasteiger partial charge in [0.15, 0.2) is 0 Å². The zero-order valence-corrected chi connectivity index (χ0v) is 15.3. The minimum atomic E-state index is -3.38. The van der Waals surface area contributed by atoms with Crippen molar-refractivity contribution in [1.29, 1.82) is 0 Å². The van der Waals surface area contributed by atoms with Crippen molar-refractivity contribution in [2.75, 3.05) is 12.8 Å². The minimum Gasteiger partial charge on any atom is -0.348 e. The van der Waals surface area contributed by atoms with Crippen LogP contribution in [0.1, 0.15) is 49.2 Å². The van der Waals surface area contributed by atoms with Gasteiger partial charge in [0.2, 0.25) is 15.9 Å². The van der Waals surface area contributed by atoms with Gasteiger partial charge in [-0.1, -0.05) is 6.42 Å². The van der Waals surface area contributed by atoms with Gasteiger partial charge >= 0.3 is 0 Å². The van der Waals surface area contributed by atoms with Crippen LogP contribution in [0, 0.1) is 13.8 Å². The predicted molar refractivity (Wildman–Crippen MR) is 88.4 cm³/mol. The summed E-state index contributed by atoms with van der Waals surface area (Å²) in [7, 11) is -1.51. The number of sulfonamides is 1. The highest BCUT2D eigenvalue weighted by Gasteiger charge is 2.35. The van der Waals surface area contributed by atoms with E-state index in [1.54, 1.807) is 4.68 Å². The van der Waals surface area contributed by atoms with Crippen molar-refractivity contribution in [1.82, 2.24) is 19.4 Å². The Balaban J connectivity index is 2.17. The average molecular weight is 342 g/mol. The van der Waals surface area contributed by atoms with Gasteiger partial charge in [-0.05, 0) is 33.6 Å². The molecule has 2 heterocycles. The van der Waals surface area contributed by atoms with Crippen LogP contribution in [0.15, 0.2) is 0 Å². The largest absolute Gasteiger partial charge is 0.348 e. The molecule has 2 rings (SSSR count). The molecule has 8 heteroatoms. The molecule has 1 fully saturated rings. The monoisotopic (exact) mass is 342 g/mol. The molecule has 0 bridgehead atoms. The van der Waals surface area contributed by atoms with E-state index in [2.05, 4.69) is 10.4 Å². The second-order valence-corrected chi connectivity index (χ2v) is 8.26. The van der Waals surface area contributed by atoms with E-state index in [0.29, 0.717) is 13.0 Å². The molecule has 1 N–H and O–H groups in total. The maximum Gasteiger partial charge on any atom is 0.238 e. The van der Waals surface area contributed by atoms with Gasteiger partial charge in [-0.15, -0.1) is 0 Å². The van der Waals surface area contributed by atoms with Crippen molar-refractivity contribution in [3.8, 4) is 0 Å². The van der Waals surface area contributed by atoms with Crippen molar-refractivity contribution in [3.63, 3.8) is 0 Å². The van der Waals surface area contributed by atoms with Crippen LogP contribution >= 0.6 is 0 Å². The Morgan fingerprint density at radius 1 is 1.35 bits per heavy atom. The first-order valence-corrected chi connectivity index (χ1v) is 9.75. The lowest BCUT2D eigenvalue weighted by Gasteiger charge is -2.33. The third kappa shape index (κ3) is 3.74. The van der Waals surface area contributed by atoms with Gasteiger partial charge in [0.25, 0.3) is 0 Å². The third-order valence-corrected chi connectivity index (χ3v) is 5.83. The first kappa shape index (κ1) is 17.9. The van der Waals surface area contributed by atoms with E-state index in [0.717, 1.165) is 36.0 Å². The third-order valence-electron chi connectivity index (χ3n) is 4.54. The number of piperidine rings is 1. The fourth-order valence-corrected chi connectivity index (χ4v) is 4.49. The van der Waals surface area contributed by atoms with Crippen LogP contribution in [0.4, 0.5) is 0 Å². The highest BCUT2D eigenvalue weighted by atomic mass is 32.2. The molecule has 0 spiro atoms. The van der Waals surface area contributed by atoms with Crippen LogP contribution < -0.4 is 5.32 Å². The van der Waals surface area contributed by atoms with E-state index < -0.39 is 16.1 Å². The van der Waals surface area contributed by atoms with Crippen LogP contribution in [-0.4, -0.2) is 47.3 Å². The number of hydrogen-bond donors (Lipinski definition) is 1. The fraction of sp³-hybridized carbons (Fsp3) is 0.733. The zero-order valence-electron chi connectivity index (χ0n) is 14.5. The van der Waals surface area contributed by atoms with E-state index >= 15 is 0 Å². The molecule has 1 aliphatic heterocycles. The van der Waals surface area contributed by atoms with Crippen LogP contribution in [0.25, 0.3) is 0 Å². The molecule has 0 saturated carbocycles. The van der Waals surface area contributed by atoms with E-state index in [1.807, 2.05) is 27.8 Å². The maximum atomic E-state index is 12.6. The smallest absolute Gasteiger partial charge is 0.238 e. The SMILES string of the molecule is Cc1nn(C)c(C)c1[C@@H](C)NC(=O)[C@@H]1CCCCN1S(C)(=O)=O. The first-order chi connectivity index (χ1) is 10.6. The molecule has 1 amide bonds. The fourth-order valence-electron chi connectivity index (χ4n) is 3.36. The van der Waals surface area contributed by atoms with Crippen molar-refractivity contribution in [2.45, 2.75) is 52.1 Å². The summed E-state index contributed by atoms with van der Waals surface area (Å²) in [5.41, 5.74) is 2.86. The van der Waals surface area contributed by atoms with Crippen LogP contribution in [-0.2, 0) is 21.9 Å². The molecule has 130 valence electrons. The summed E-state index contributed by atoms with van der Waals surface area (Å²) < 4.78 is 26.9. The van der Waals surface area contributed by atoms with Gasteiger partial charge < -0.3 is 5.32 Å². The molecule has 1 aliphatic rings. The van der Waals surface area contributed by atoms with E-state index in [1.165, 1.54) is 4.31 Å². The van der Waals surface area contributed by atoms with Crippen molar-refractivity contribution < 1.29 is 13.2 Å². The molecular formula is C15H26N4O3S. The second kappa shape index (κ2) is 6.60. The number of aromatic nitrogens is 2. The molecule has 1 saturated heterocycles. The molecule has 0 aromatic carbocycles. The second-order valence-electron chi connectivity index (χ2n) is 6.32. The van der Waals surface area contributed by atoms with Crippen molar-refractivity contribution in [3.05, 3.63) is 17.0 Å². The lowest BCUT2D eigenvalue weighted by atomic mass is 10.0. The standard InChI is InChI=1S/C15H26N4O3S/c1-10(14-11(2)17-18(4)12(14)3)16-15(20)13-8-6-7-9-19(13)23(5,21)22/h10,13H,6-9H2,1-5H3,(H,16,20)/t10-,13+/m1/s1. The number of nitrogens with one attached hydrogen (secondary N) is 1. The molecule has 7 nitrogen and oxygen atoms in total. The number of nitrogens with zero attached hydrogens (tertiary/aromatic N) is 3. The molecule has 1 aromatic rings. The van der Waals surface area contributed by atoms with E-state index in [9.17, 15) is 13.2 Å². The van der Waals surface area contributed by atoms with Gasteiger partial charge in [-0.3, -0.25) is 9.48 Å². The Kier molecular flexibility index (Phi) is 5.15. The Bertz CT molecular complexity index is 696. The summed E-state index contributed by atoms with van der Waals surface area (Å²) in [6.07, 6.45) is 3.39. The molecule has 0 unspecified atom stereocenters. The highest BCUT2D eigenvalue weighted by Crippen LogP contribution is 2.23. The van der Waals surface area contributed by atoms with Gasteiger partial charge in [-0.2, -0.15) is 9.40 Å².